The van der Waals surface area contributed by atoms with Gasteiger partial charge in [0.05, 0.1) is 12.2 Å². The number of nitrogens with zero attached hydrogens (tertiary/aromatic N) is 1. The van der Waals surface area contributed by atoms with E-state index in [0.717, 1.165) is 55.7 Å². The molecule has 8 nitrogen and oxygen atoms in total. The van der Waals surface area contributed by atoms with Crippen LogP contribution in [0.25, 0.3) is 0 Å². The molecule has 0 aromatic rings. The summed E-state index contributed by atoms with van der Waals surface area (Å²) in [7, 11) is -4.16. The number of urea groups is 1. The van der Waals surface area contributed by atoms with Gasteiger partial charge in [-0.3, -0.25) is 0 Å². The van der Waals surface area contributed by atoms with Gasteiger partial charge in [0.25, 0.3) is 5.92 Å². The van der Waals surface area contributed by atoms with E-state index in [1.54, 1.807) is 0 Å². The van der Waals surface area contributed by atoms with Crippen molar-refractivity contribution in [3.8, 4) is 0 Å². The molecule has 11 atom stereocenters. The van der Waals surface area contributed by atoms with Crippen LogP contribution in [0.4, 0.5) is 13.6 Å². The van der Waals surface area contributed by atoms with Crippen LogP contribution in [0.1, 0.15) is 98.3 Å². The van der Waals surface area contributed by atoms with Crippen molar-refractivity contribution in [2.24, 2.45) is 52.3 Å². The van der Waals surface area contributed by atoms with Crippen LogP contribution in [0.5, 0.6) is 0 Å². The third-order valence-corrected chi connectivity index (χ3v) is 14.5. The molecule has 242 valence electrons. The molecule has 11 heteroatoms. The van der Waals surface area contributed by atoms with Gasteiger partial charge in [-0.25, -0.2) is 18.3 Å². The molecular weight excluding hydrogens is 564 g/mol. The third-order valence-electron chi connectivity index (χ3n) is 13.1. The summed E-state index contributed by atoms with van der Waals surface area (Å²) in [5.74, 6) is -0.274. The Morgan fingerprint density at radius 2 is 1.62 bits per heavy atom. The summed E-state index contributed by atoms with van der Waals surface area (Å²) in [5.41, 5.74) is 0.278. The van der Waals surface area contributed by atoms with Gasteiger partial charge >= 0.3 is 16.2 Å². The van der Waals surface area contributed by atoms with Crippen molar-refractivity contribution in [2.45, 2.75) is 116 Å². The highest BCUT2D eigenvalue weighted by Crippen LogP contribution is 2.69. The minimum absolute atomic E-state index is 0.110. The molecule has 4 aliphatic carbocycles. The van der Waals surface area contributed by atoms with E-state index in [1.165, 1.54) is 0 Å². The number of hydrogen-bond acceptors (Lipinski definition) is 5. The highest BCUT2D eigenvalue weighted by atomic mass is 32.2. The predicted octanol–water partition coefficient (Wildman–Crippen LogP) is 4.91. The molecule has 0 aromatic carbocycles. The van der Waals surface area contributed by atoms with Gasteiger partial charge in [-0.1, -0.05) is 34.1 Å². The van der Waals surface area contributed by atoms with Gasteiger partial charge in [-0.2, -0.15) is 12.7 Å². The van der Waals surface area contributed by atoms with Crippen LogP contribution in [-0.2, 0) is 10.2 Å². The van der Waals surface area contributed by atoms with E-state index >= 15 is 0 Å². The molecule has 4 saturated carbocycles. The standard InChI is InChI=1S/C31H53F2N3O5S/c1-5-21-25-18-20(37)8-11-30(25,4)24-9-12-29(3)22(6-7-23(29)26(24)27(21)38)19(2)10-15-34-28(39)35-42(40,41)36-16-13-31(32,33)14-17-36/h19-27,37-38H,5-18H2,1-4H3,(H2,34,35,39)/t19-,20-,21-,22-,23+,24+,25+,26+,27-,29-,30-/m1/s1. The summed E-state index contributed by atoms with van der Waals surface area (Å²) in [6.07, 6.45) is 7.12. The van der Waals surface area contributed by atoms with Crippen LogP contribution in [-0.4, -0.2) is 66.7 Å². The molecule has 2 amide bonds. The molecule has 42 heavy (non-hydrogen) atoms. The fourth-order valence-corrected chi connectivity index (χ4v) is 11.9. The first-order chi connectivity index (χ1) is 19.6. The molecule has 0 unspecified atom stereocenters. The highest BCUT2D eigenvalue weighted by Gasteiger charge is 2.64. The van der Waals surface area contributed by atoms with E-state index in [9.17, 15) is 32.2 Å². The second kappa shape index (κ2) is 11.7. The SMILES string of the molecule is CC[C@H]1[C@@H](O)[C@@H]2[C@H](CC[C@]3(C)[C@@H]([C@H](C)CCNC(=O)NS(=O)(=O)N4CCC(F)(F)CC4)CC[C@@H]23)[C@@]2(C)CC[C@@H](O)C[C@@H]12. The van der Waals surface area contributed by atoms with E-state index in [4.69, 9.17) is 0 Å². The molecule has 1 heterocycles. The number of aliphatic hydroxyl groups is 2. The lowest BCUT2D eigenvalue weighted by atomic mass is 9.41. The second-order valence-corrected chi connectivity index (χ2v) is 16.7. The number of rotatable bonds is 7. The molecular formula is C31H53F2N3O5S. The number of aliphatic hydroxyl groups excluding tert-OH is 2. The van der Waals surface area contributed by atoms with E-state index in [2.05, 4.69) is 33.0 Å². The molecule has 0 bridgehead atoms. The van der Waals surface area contributed by atoms with Crippen LogP contribution in [0.3, 0.4) is 0 Å². The van der Waals surface area contributed by atoms with Gasteiger partial charge in [0.1, 0.15) is 0 Å². The van der Waals surface area contributed by atoms with Gasteiger partial charge in [-0.05, 0) is 104 Å². The Labute approximate surface area is 250 Å². The maximum atomic E-state index is 13.4. The molecule has 0 radical (unpaired) electrons. The summed E-state index contributed by atoms with van der Waals surface area (Å²) < 4.78 is 54.7. The molecule has 5 aliphatic rings. The fourth-order valence-electron chi connectivity index (χ4n) is 10.8. The number of piperidine rings is 1. The molecule has 1 aliphatic heterocycles. The lowest BCUT2D eigenvalue weighted by Gasteiger charge is -2.64. The molecule has 4 N–H and O–H groups in total. The van der Waals surface area contributed by atoms with E-state index < -0.39 is 35.0 Å². The zero-order valence-corrected chi connectivity index (χ0v) is 26.6. The number of alkyl halides is 2. The lowest BCUT2D eigenvalue weighted by molar-refractivity contribution is -0.203. The average Bonchev–Trinajstić information content (AvgIpc) is 3.26. The van der Waals surface area contributed by atoms with Gasteiger partial charge < -0.3 is 15.5 Å². The van der Waals surface area contributed by atoms with Crippen LogP contribution in [0, 0.1) is 52.3 Å². The monoisotopic (exact) mass is 617 g/mol. The summed E-state index contributed by atoms with van der Waals surface area (Å²) in [6, 6.07) is -0.827. The first-order valence-electron chi connectivity index (χ1n) is 16.4. The van der Waals surface area contributed by atoms with E-state index in [1.807, 2.05) is 4.72 Å². The van der Waals surface area contributed by atoms with E-state index in [0.29, 0.717) is 42.6 Å². The average molecular weight is 618 g/mol. The molecule has 1 saturated heterocycles. The van der Waals surface area contributed by atoms with Crippen LogP contribution in [0.15, 0.2) is 0 Å². The first-order valence-corrected chi connectivity index (χ1v) is 17.9. The van der Waals surface area contributed by atoms with Crippen molar-refractivity contribution >= 4 is 16.2 Å². The Kier molecular flexibility index (Phi) is 9.02. The largest absolute Gasteiger partial charge is 0.393 e. The third kappa shape index (κ3) is 5.73. The fraction of sp³-hybridized carbons (Fsp3) is 0.968. The van der Waals surface area contributed by atoms with Gasteiger partial charge in [-0.15, -0.1) is 0 Å². The van der Waals surface area contributed by atoms with Crippen LogP contribution < -0.4 is 10.0 Å². The van der Waals surface area contributed by atoms with Crippen molar-refractivity contribution in [3.63, 3.8) is 0 Å². The number of nitrogens with one attached hydrogen (secondary N) is 2. The van der Waals surface area contributed by atoms with Crippen LogP contribution in [0.2, 0.25) is 0 Å². The number of carbonyl (C=O) groups excluding carboxylic acids is 1. The Morgan fingerprint density at radius 1 is 0.976 bits per heavy atom. The highest BCUT2D eigenvalue weighted by molar-refractivity contribution is 7.87. The normalized spacial score (nSPS) is 44.4. The topological polar surface area (TPSA) is 119 Å². The van der Waals surface area contributed by atoms with Crippen LogP contribution >= 0.6 is 0 Å². The summed E-state index contributed by atoms with van der Waals surface area (Å²) in [4.78, 5) is 12.4. The summed E-state index contributed by atoms with van der Waals surface area (Å²) in [6.45, 7) is 8.98. The molecule has 0 spiro atoms. The lowest BCUT2D eigenvalue weighted by Crippen LogP contribution is -2.62. The van der Waals surface area contributed by atoms with Gasteiger partial charge in [0, 0.05) is 32.5 Å². The number of halogens is 2. The van der Waals surface area contributed by atoms with Crippen molar-refractivity contribution < 1.29 is 32.2 Å². The van der Waals surface area contributed by atoms with Crippen molar-refractivity contribution in [1.29, 1.82) is 0 Å². The van der Waals surface area contributed by atoms with Crippen molar-refractivity contribution in [1.82, 2.24) is 14.3 Å². The minimum atomic E-state index is -4.16. The predicted molar refractivity (Wildman–Crippen MR) is 157 cm³/mol. The zero-order chi connectivity index (χ0) is 30.7. The molecule has 5 rings (SSSR count). The Balaban J connectivity index is 1.18. The molecule has 0 aromatic heterocycles. The smallest absolute Gasteiger partial charge is 0.329 e. The minimum Gasteiger partial charge on any atom is -0.393 e. The Hall–Kier alpha value is -1.04. The number of hydrogen-bond donors (Lipinski definition) is 4. The Morgan fingerprint density at radius 3 is 2.29 bits per heavy atom. The van der Waals surface area contributed by atoms with Gasteiger partial charge in [0.15, 0.2) is 0 Å². The maximum absolute atomic E-state index is 13.4. The quantitative estimate of drug-likeness (QED) is 0.324. The van der Waals surface area contributed by atoms with E-state index in [-0.39, 0.29) is 48.0 Å². The number of fused-ring (bicyclic) bond motifs is 5. The molecule has 5 fully saturated rings. The number of amides is 2. The first kappa shape index (κ1) is 32.4. The summed E-state index contributed by atoms with van der Waals surface area (Å²) in [5, 5.41) is 25.1. The van der Waals surface area contributed by atoms with Crippen molar-refractivity contribution in [3.05, 3.63) is 0 Å². The Bertz CT molecular complexity index is 1100. The zero-order valence-electron chi connectivity index (χ0n) is 25.8. The number of carbonyl (C=O) groups is 1. The summed E-state index contributed by atoms with van der Waals surface area (Å²) >= 11 is 0. The maximum Gasteiger partial charge on any atom is 0.329 e. The second-order valence-electron chi connectivity index (χ2n) is 15.0. The van der Waals surface area contributed by atoms with Crippen molar-refractivity contribution in [2.75, 3.05) is 19.6 Å². The van der Waals surface area contributed by atoms with Gasteiger partial charge in [0.2, 0.25) is 0 Å².